The summed E-state index contributed by atoms with van der Waals surface area (Å²) in [5.74, 6) is 0.0868. The number of aromatic nitrogens is 1. The van der Waals surface area contributed by atoms with E-state index in [-0.39, 0.29) is 11.3 Å². The molecule has 0 spiro atoms. The smallest absolute Gasteiger partial charge is 0.228 e. The lowest BCUT2D eigenvalue weighted by Crippen LogP contribution is -2.25. The molecule has 1 amide bonds. The average Bonchev–Trinajstić information content (AvgIpc) is 2.45. The Kier molecular flexibility index (Phi) is 2.65. The number of halogens is 1. The van der Waals surface area contributed by atoms with Gasteiger partial charge in [0.15, 0.2) is 0 Å². The van der Waals surface area contributed by atoms with E-state index >= 15 is 0 Å². The van der Waals surface area contributed by atoms with Gasteiger partial charge in [0.25, 0.3) is 0 Å². The molecule has 1 fully saturated rings. The Labute approximate surface area is 94.1 Å². The molecule has 15 heavy (non-hydrogen) atoms. The quantitative estimate of drug-likeness (QED) is 0.684. The summed E-state index contributed by atoms with van der Waals surface area (Å²) in [6.07, 6.45) is 0.425. The van der Waals surface area contributed by atoms with E-state index in [4.69, 9.17) is 11.6 Å². The van der Waals surface area contributed by atoms with Crippen LogP contribution in [0.2, 0.25) is 0 Å². The van der Waals surface area contributed by atoms with Crippen molar-refractivity contribution in [2.75, 3.05) is 11.4 Å². The highest BCUT2D eigenvalue weighted by molar-refractivity contribution is 6.24. The Hall–Kier alpha value is -1.09. The zero-order valence-corrected chi connectivity index (χ0v) is 9.58. The zero-order chi connectivity index (χ0) is 11.0. The zero-order valence-electron chi connectivity index (χ0n) is 8.83. The third-order valence-corrected chi connectivity index (χ3v) is 2.86. The molecule has 2 rings (SSSR count). The summed E-state index contributed by atoms with van der Waals surface area (Å²) in [5, 5.41) is -0.0711. The second kappa shape index (κ2) is 3.81. The van der Waals surface area contributed by atoms with E-state index in [0.29, 0.717) is 13.0 Å². The van der Waals surface area contributed by atoms with Gasteiger partial charge in [-0.3, -0.25) is 9.78 Å². The van der Waals surface area contributed by atoms with Gasteiger partial charge in [-0.2, -0.15) is 0 Å². The van der Waals surface area contributed by atoms with Gasteiger partial charge in [0, 0.05) is 18.7 Å². The van der Waals surface area contributed by atoms with Gasteiger partial charge >= 0.3 is 0 Å². The van der Waals surface area contributed by atoms with Crippen molar-refractivity contribution >= 4 is 23.2 Å². The molecule has 4 heteroatoms. The Bertz CT molecular complexity index is 406. The van der Waals surface area contributed by atoms with Crippen molar-refractivity contribution in [3.8, 4) is 0 Å². The third-order valence-electron chi connectivity index (χ3n) is 2.57. The van der Waals surface area contributed by atoms with E-state index in [1.807, 2.05) is 26.0 Å². The van der Waals surface area contributed by atoms with Gasteiger partial charge in [-0.05, 0) is 26.0 Å². The minimum atomic E-state index is -0.0711. The number of alkyl halides is 1. The lowest BCUT2D eigenvalue weighted by molar-refractivity contribution is -0.117. The van der Waals surface area contributed by atoms with Crippen LogP contribution in [0.4, 0.5) is 5.69 Å². The number of carbonyl (C=O) groups is 1. The number of amides is 1. The molecule has 3 nitrogen and oxygen atoms in total. The first kappa shape index (κ1) is 10.4. The molecule has 0 bridgehead atoms. The Morgan fingerprint density at radius 2 is 2.20 bits per heavy atom. The van der Waals surface area contributed by atoms with Crippen molar-refractivity contribution in [2.24, 2.45) is 0 Å². The number of pyridine rings is 1. The first-order chi connectivity index (χ1) is 7.08. The van der Waals surface area contributed by atoms with Crippen LogP contribution in [-0.2, 0) is 4.79 Å². The highest BCUT2D eigenvalue weighted by atomic mass is 35.5. The number of nitrogens with zero attached hydrogens (tertiary/aromatic N) is 2. The van der Waals surface area contributed by atoms with Crippen molar-refractivity contribution in [1.82, 2.24) is 4.98 Å². The molecule has 1 aliphatic heterocycles. The minimum Gasteiger partial charge on any atom is -0.309 e. The summed E-state index contributed by atoms with van der Waals surface area (Å²) < 4.78 is 0. The van der Waals surface area contributed by atoms with Crippen LogP contribution in [0.1, 0.15) is 17.8 Å². The van der Waals surface area contributed by atoms with E-state index in [1.54, 1.807) is 4.90 Å². The maximum atomic E-state index is 11.6. The fourth-order valence-electron chi connectivity index (χ4n) is 1.86. The molecular weight excluding hydrogens is 212 g/mol. The van der Waals surface area contributed by atoms with Crippen LogP contribution in [0.15, 0.2) is 12.1 Å². The Balaban J connectivity index is 2.34. The second-order valence-electron chi connectivity index (χ2n) is 3.86. The van der Waals surface area contributed by atoms with Gasteiger partial charge in [0.05, 0.1) is 16.8 Å². The molecule has 1 saturated heterocycles. The minimum absolute atomic E-state index is 0.0711. The number of anilines is 1. The third kappa shape index (κ3) is 1.97. The largest absolute Gasteiger partial charge is 0.309 e. The van der Waals surface area contributed by atoms with Gasteiger partial charge in [-0.1, -0.05) is 0 Å². The Morgan fingerprint density at radius 1 is 1.47 bits per heavy atom. The molecular formula is C11H13ClN2O. The maximum Gasteiger partial charge on any atom is 0.228 e. The second-order valence-corrected chi connectivity index (χ2v) is 4.48. The molecule has 2 heterocycles. The normalized spacial score (nSPS) is 21.1. The van der Waals surface area contributed by atoms with Crippen molar-refractivity contribution in [3.63, 3.8) is 0 Å². The molecule has 1 aromatic heterocycles. The summed E-state index contributed by atoms with van der Waals surface area (Å²) in [5.41, 5.74) is 2.73. The van der Waals surface area contributed by atoms with Gasteiger partial charge < -0.3 is 4.90 Å². The van der Waals surface area contributed by atoms with Crippen LogP contribution < -0.4 is 4.90 Å². The lowest BCUT2D eigenvalue weighted by atomic mass is 10.2. The van der Waals surface area contributed by atoms with Crippen LogP contribution in [0.5, 0.6) is 0 Å². The van der Waals surface area contributed by atoms with Crippen molar-refractivity contribution in [3.05, 3.63) is 23.5 Å². The molecule has 1 atom stereocenters. The van der Waals surface area contributed by atoms with Gasteiger partial charge in [-0.25, -0.2) is 0 Å². The van der Waals surface area contributed by atoms with E-state index in [2.05, 4.69) is 4.98 Å². The standard InChI is InChI=1S/C11H13ClN2O/c1-7-3-4-10(8(2)13-7)14-6-9(12)5-11(14)15/h3-4,9H,5-6H2,1-2H3. The van der Waals surface area contributed by atoms with Crippen LogP contribution >= 0.6 is 11.6 Å². The molecule has 1 unspecified atom stereocenters. The molecule has 1 aromatic rings. The van der Waals surface area contributed by atoms with E-state index in [0.717, 1.165) is 17.1 Å². The fourth-order valence-corrected chi connectivity index (χ4v) is 2.13. The van der Waals surface area contributed by atoms with Crippen LogP contribution in [0.3, 0.4) is 0 Å². The number of hydrogen-bond acceptors (Lipinski definition) is 2. The fraction of sp³-hybridized carbons (Fsp3) is 0.455. The number of rotatable bonds is 1. The first-order valence-corrected chi connectivity index (χ1v) is 5.40. The molecule has 0 aromatic carbocycles. The van der Waals surface area contributed by atoms with E-state index in [9.17, 15) is 4.79 Å². The number of hydrogen-bond donors (Lipinski definition) is 0. The van der Waals surface area contributed by atoms with Crippen LogP contribution in [0.25, 0.3) is 0 Å². The monoisotopic (exact) mass is 224 g/mol. The average molecular weight is 225 g/mol. The van der Waals surface area contributed by atoms with Gasteiger partial charge in [0.1, 0.15) is 0 Å². The van der Waals surface area contributed by atoms with Crippen molar-refractivity contribution in [1.29, 1.82) is 0 Å². The van der Waals surface area contributed by atoms with E-state index < -0.39 is 0 Å². The van der Waals surface area contributed by atoms with Crippen LogP contribution in [-0.4, -0.2) is 22.8 Å². The first-order valence-electron chi connectivity index (χ1n) is 4.96. The van der Waals surface area contributed by atoms with Crippen molar-refractivity contribution in [2.45, 2.75) is 25.6 Å². The topological polar surface area (TPSA) is 33.2 Å². The summed E-state index contributed by atoms with van der Waals surface area (Å²) in [6.45, 7) is 4.44. The highest BCUT2D eigenvalue weighted by Gasteiger charge is 2.30. The molecule has 1 aliphatic rings. The van der Waals surface area contributed by atoms with E-state index in [1.165, 1.54) is 0 Å². The van der Waals surface area contributed by atoms with Crippen LogP contribution in [0, 0.1) is 13.8 Å². The molecule has 0 N–H and O–H groups in total. The van der Waals surface area contributed by atoms with Gasteiger partial charge in [0.2, 0.25) is 5.91 Å². The highest BCUT2D eigenvalue weighted by Crippen LogP contribution is 2.26. The predicted molar refractivity (Wildman–Crippen MR) is 60.3 cm³/mol. The summed E-state index contributed by atoms with van der Waals surface area (Å²) in [6, 6.07) is 3.85. The lowest BCUT2D eigenvalue weighted by Gasteiger charge is -2.17. The summed E-state index contributed by atoms with van der Waals surface area (Å²) in [7, 11) is 0. The summed E-state index contributed by atoms with van der Waals surface area (Å²) >= 11 is 5.95. The Morgan fingerprint density at radius 3 is 2.73 bits per heavy atom. The molecule has 0 radical (unpaired) electrons. The predicted octanol–water partition coefficient (Wildman–Crippen LogP) is 2.04. The molecule has 80 valence electrons. The SMILES string of the molecule is Cc1ccc(N2CC(Cl)CC2=O)c(C)n1. The van der Waals surface area contributed by atoms with Gasteiger partial charge in [-0.15, -0.1) is 11.6 Å². The maximum absolute atomic E-state index is 11.6. The number of aryl methyl sites for hydroxylation is 2. The van der Waals surface area contributed by atoms with Crippen molar-refractivity contribution < 1.29 is 4.79 Å². The number of carbonyl (C=O) groups excluding carboxylic acids is 1. The molecule has 0 saturated carbocycles. The summed E-state index contributed by atoms with van der Waals surface area (Å²) in [4.78, 5) is 17.7. The molecule has 0 aliphatic carbocycles.